The van der Waals surface area contributed by atoms with Gasteiger partial charge in [-0.1, -0.05) is 0 Å². The maximum Gasteiger partial charge on any atom is 0.257 e. The fraction of sp³-hybridized carbons (Fsp3) is 0.529. The SMILES string of the molecule is COCC(=O)Nc1ccc2c(c1)C(=O)N1CCCCC1CCO2. The van der Waals surface area contributed by atoms with E-state index in [-0.39, 0.29) is 24.5 Å². The zero-order chi connectivity index (χ0) is 16.2. The van der Waals surface area contributed by atoms with Gasteiger partial charge in [-0.15, -0.1) is 0 Å². The number of piperidine rings is 1. The molecule has 6 nitrogen and oxygen atoms in total. The molecule has 2 heterocycles. The molecule has 2 amide bonds. The molecule has 1 aromatic carbocycles. The quantitative estimate of drug-likeness (QED) is 0.926. The highest BCUT2D eigenvalue weighted by atomic mass is 16.5. The summed E-state index contributed by atoms with van der Waals surface area (Å²) in [5.41, 5.74) is 1.10. The first-order valence-corrected chi connectivity index (χ1v) is 8.05. The van der Waals surface area contributed by atoms with Crippen LogP contribution in [0.15, 0.2) is 18.2 Å². The molecule has 1 N–H and O–H groups in total. The zero-order valence-electron chi connectivity index (χ0n) is 13.3. The van der Waals surface area contributed by atoms with Crippen molar-refractivity contribution >= 4 is 17.5 Å². The van der Waals surface area contributed by atoms with Crippen molar-refractivity contribution in [2.45, 2.75) is 31.7 Å². The van der Waals surface area contributed by atoms with Crippen molar-refractivity contribution in [3.63, 3.8) is 0 Å². The maximum absolute atomic E-state index is 12.9. The van der Waals surface area contributed by atoms with Gasteiger partial charge in [-0.25, -0.2) is 0 Å². The van der Waals surface area contributed by atoms with Crippen molar-refractivity contribution in [1.29, 1.82) is 0 Å². The Kier molecular flexibility index (Phi) is 4.81. The molecule has 0 spiro atoms. The number of carbonyl (C=O) groups is 2. The lowest BCUT2D eigenvalue weighted by Gasteiger charge is -2.37. The van der Waals surface area contributed by atoms with E-state index >= 15 is 0 Å². The van der Waals surface area contributed by atoms with Gasteiger partial charge >= 0.3 is 0 Å². The normalized spacial score (nSPS) is 20.7. The maximum atomic E-state index is 12.9. The highest BCUT2D eigenvalue weighted by Crippen LogP contribution is 2.30. The number of fused-ring (bicyclic) bond motifs is 2. The summed E-state index contributed by atoms with van der Waals surface area (Å²) < 4.78 is 10.6. The van der Waals surface area contributed by atoms with E-state index in [9.17, 15) is 9.59 Å². The molecular weight excluding hydrogens is 296 g/mol. The first kappa shape index (κ1) is 15.8. The van der Waals surface area contributed by atoms with Gasteiger partial charge in [0.05, 0.1) is 12.2 Å². The van der Waals surface area contributed by atoms with Gasteiger partial charge in [0.1, 0.15) is 12.4 Å². The molecule has 3 rings (SSSR count). The van der Waals surface area contributed by atoms with Gasteiger partial charge in [-0.2, -0.15) is 0 Å². The Morgan fingerprint density at radius 3 is 3.09 bits per heavy atom. The Labute approximate surface area is 135 Å². The highest BCUT2D eigenvalue weighted by Gasteiger charge is 2.31. The number of amides is 2. The van der Waals surface area contributed by atoms with Gasteiger partial charge in [0.15, 0.2) is 0 Å². The summed E-state index contributed by atoms with van der Waals surface area (Å²) in [5, 5.41) is 2.73. The predicted molar refractivity (Wildman–Crippen MR) is 85.7 cm³/mol. The summed E-state index contributed by atoms with van der Waals surface area (Å²) in [6.45, 7) is 1.38. The number of benzene rings is 1. The first-order valence-electron chi connectivity index (χ1n) is 8.05. The van der Waals surface area contributed by atoms with Crippen LogP contribution in [0.1, 0.15) is 36.0 Å². The second-order valence-corrected chi connectivity index (χ2v) is 5.98. The van der Waals surface area contributed by atoms with Crippen LogP contribution in [0.2, 0.25) is 0 Å². The van der Waals surface area contributed by atoms with E-state index < -0.39 is 0 Å². The minimum atomic E-state index is -0.248. The van der Waals surface area contributed by atoms with Crippen LogP contribution in [0.5, 0.6) is 5.75 Å². The number of anilines is 1. The summed E-state index contributed by atoms with van der Waals surface area (Å²) >= 11 is 0. The third-order valence-corrected chi connectivity index (χ3v) is 4.37. The molecule has 1 atom stereocenters. The number of nitrogens with zero attached hydrogens (tertiary/aromatic N) is 1. The average molecular weight is 318 g/mol. The third kappa shape index (κ3) is 3.47. The van der Waals surface area contributed by atoms with E-state index in [4.69, 9.17) is 9.47 Å². The number of hydrogen-bond donors (Lipinski definition) is 1. The molecule has 124 valence electrons. The molecule has 1 unspecified atom stereocenters. The van der Waals surface area contributed by atoms with Crippen LogP contribution in [0.25, 0.3) is 0 Å². The minimum Gasteiger partial charge on any atom is -0.493 e. The lowest BCUT2D eigenvalue weighted by atomic mass is 9.97. The van der Waals surface area contributed by atoms with Crippen molar-refractivity contribution in [3.05, 3.63) is 23.8 Å². The number of nitrogens with one attached hydrogen (secondary N) is 1. The highest BCUT2D eigenvalue weighted by molar-refractivity contribution is 6.00. The molecule has 2 aliphatic heterocycles. The standard InChI is InChI=1S/C17H22N2O4/c1-22-11-16(20)18-12-5-6-15-14(10-12)17(21)19-8-3-2-4-13(19)7-9-23-15/h5-6,10,13H,2-4,7-9,11H2,1H3,(H,18,20). The van der Waals surface area contributed by atoms with Gasteiger partial charge in [0, 0.05) is 31.8 Å². The number of carbonyl (C=O) groups excluding carboxylic acids is 2. The van der Waals surface area contributed by atoms with Gasteiger partial charge in [-0.05, 0) is 37.5 Å². The van der Waals surface area contributed by atoms with Crippen LogP contribution < -0.4 is 10.1 Å². The van der Waals surface area contributed by atoms with Gasteiger partial charge < -0.3 is 19.7 Å². The minimum absolute atomic E-state index is 0.00718. The zero-order valence-corrected chi connectivity index (χ0v) is 13.3. The lowest BCUT2D eigenvalue weighted by molar-refractivity contribution is -0.119. The Morgan fingerprint density at radius 2 is 2.26 bits per heavy atom. The summed E-state index contributed by atoms with van der Waals surface area (Å²) in [7, 11) is 1.47. The van der Waals surface area contributed by atoms with Crippen molar-refractivity contribution in [1.82, 2.24) is 4.90 Å². The van der Waals surface area contributed by atoms with Crippen LogP contribution >= 0.6 is 0 Å². The molecule has 0 bridgehead atoms. The predicted octanol–water partition coefficient (Wildman–Crippen LogP) is 2.05. The lowest BCUT2D eigenvalue weighted by Crippen LogP contribution is -2.45. The number of hydrogen-bond acceptors (Lipinski definition) is 4. The molecular formula is C17H22N2O4. The van der Waals surface area contributed by atoms with Crippen LogP contribution in [-0.2, 0) is 9.53 Å². The number of ether oxygens (including phenoxy) is 2. The fourth-order valence-electron chi connectivity index (χ4n) is 3.26. The Hall–Kier alpha value is -2.08. The molecule has 1 saturated heterocycles. The van der Waals surface area contributed by atoms with E-state index in [0.717, 1.165) is 32.2 Å². The Balaban J connectivity index is 1.86. The molecule has 0 saturated carbocycles. The van der Waals surface area contributed by atoms with Crippen LogP contribution in [-0.4, -0.2) is 49.6 Å². The van der Waals surface area contributed by atoms with Crippen molar-refractivity contribution in [3.8, 4) is 5.75 Å². The molecule has 23 heavy (non-hydrogen) atoms. The fourth-order valence-corrected chi connectivity index (χ4v) is 3.26. The molecule has 1 fully saturated rings. The molecule has 0 aliphatic carbocycles. The summed E-state index contributed by atoms with van der Waals surface area (Å²) in [6, 6.07) is 5.45. The Morgan fingerprint density at radius 1 is 1.39 bits per heavy atom. The second kappa shape index (κ2) is 7.00. The molecule has 0 radical (unpaired) electrons. The van der Waals surface area contributed by atoms with E-state index in [2.05, 4.69) is 5.32 Å². The van der Waals surface area contributed by atoms with Crippen LogP contribution in [0, 0.1) is 0 Å². The van der Waals surface area contributed by atoms with E-state index in [1.807, 2.05) is 4.90 Å². The Bertz CT molecular complexity index is 602. The van der Waals surface area contributed by atoms with Gasteiger partial charge in [0.2, 0.25) is 5.91 Å². The molecule has 2 aliphatic rings. The second-order valence-electron chi connectivity index (χ2n) is 5.98. The third-order valence-electron chi connectivity index (χ3n) is 4.37. The largest absolute Gasteiger partial charge is 0.493 e. The van der Waals surface area contributed by atoms with Gasteiger partial charge in [0.25, 0.3) is 5.91 Å². The van der Waals surface area contributed by atoms with Crippen LogP contribution in [0.4, 0.5) is 5.69 Å². The summed E-state index contributed by atoms with van der Waals surface area (Å²) in [6.07, 6.45) is 4.11. The average Bonchev–Trinajstić information content (AvgIpc) is 2.55. The molecule has 0 aromatic heterocycles. The van der Waals surface area contributed by atoms with E-state index in [0.29, 0.717) is 23.6 Å². The smallest absolute Gasteiger partial charge is 0.257 e. The summed E-state index contributed by atoms with van der Waals surface area (Å²) in [4.78, 5) is 26.5. The van der Waals surface area contributed by atoms with Crippen molar-refractivity contribution in [2.24, 2.45) is 0 Å². The van der Waals surface area contributed by atoms with Crippen molar-refractivity contribution < 1.29 is 19.1 Å². The summed E-state index contributed by atoms with van der Waals surface area (Å²) in [5.74, 6) is 0.332. The first-order chi connectivity index (χ1) is 11.2. The van der Waals surface area contributed by atoms with E-state index in [1.165, 1.54) is 7.11 Å². The van der Waals surface area contributed by atoms with E-state index in [1.54, 1.807) is 18.2 Å². The van der Waals surface area contributed by atoms with Gasteiger partial charge in [-0.3, -0.25) is 9.59 Å². The number of rotatable bonds is 3. The number of methoxy groups -OCH3 is 1. The van der Waals surface area contributed by atoms with Crippen molar-refractivity contribution in [2.75, 3.05) is 32.2 Å². The molecule has 1 aromatic rings. The molecule has 6 heteroatoms. The topological polar surface area (TPSA) is 67.9 Å². The van der Waals surface area contributed by atoms with Crippen LogP contribution in [0.3, 0.4) is 0 Å². The monoisotopic (exact) mass is 318 g/mol.